The molecule has 0 aromatic heterocycles. The van der Waals surface area contributed by atoms with Gasteiger partial charge >= 0.3 is 0 Å². The molecule has 0 unspecified atom stereocenters. The molecule has 0 amide bonds. The predicted octanol–water partition coefficient (Wildman–Crippen LogP) is 2.60. The molecule has 0 saturated carbocycles. The third-order valence-corrected chi connectivity index (χ3v) is 2.45. The summed E-state index contributed by atoms with van der Waals surface area (Å²) in [6, 6.07) is 0. The zero-order valence-corrected chi connectivity index (χ0v) is 8.43. The maximum Gasteiger partial charge on any atom is 0.0230 e. The summed E-state index contributed by atoms with van der Waals surface area (Å²) in [5.41, 5.74) is 3.08. The average Bonchev–Trinajstić information content (AvgIpc) is 2.16. The Morgan fingerprint density at radius 3 is 2.83 bits per heavy atom. The van der Waals surface area contributed by atoms with E-state index in [4.69, 9.17) is 0 Å². The lowest BCUT2D eigenvalue weighted by molar-refractivity contribution is 0.368. The molecular weight excluding hydrogens is 146 g/mol. The van der Waals surface area contributed by atoms with E-state index in [-0.39, 0.29) is 0 Å². The van der Waals surface area contributed by atoms with Gasteiger partial charge < -0.3 is 4.90 Å². The molecule has 0 aromatic rings. The topological polar surface area (TPSA) is 3.24 Å². The summed E-state index contributed by atoms with van der Waals surface area (Å²) in [5.74, 6) is 0. The van der Waals surface area contributed by atoms with Gasteiger partial charge in [-0.3, -0.25) is 0 Å². The van der Waals surface area contributed by atoms with Crippen LogP contribution in [0.3, 0.4) is 0 Å². The van der Waals surface area contributed by atoms with E-state index >= 15 is 0 Å². The Morgan fingerprint density at radius 2 is 2.17 bits per heavy atom. The Kier molecular flexibility index (Phi) is 3.54. The highest BCUT2D eigenvalue weighted by Crippen LogP contribution is 2.17. The summed E-state index contributed by atoms with van der Waals surface area (Å²) < 4.78 is 0. The minimum atomic E-state index is 1.12. The second-order valence-electron chi connectivity index (χ2n) is 3.65. The highest BCUT2D eigenvalue weighted by Gasteiger charge is 2.08. The SMILES string of the molecule is CC=CC1=C(C)CCCN(C)C1. The molecule has 68 valence electrons. The molecule has 0 N–H and O–H groups in total. The normalized spacial score (nSPS) is 21.9. The van der Waals surface area contributed by atoms with Crippen LogP contribution in [0.2, 0.25) is 0 Å². The Balaban J connectivity index is 2.74. The Bertz CT molecular complexity index is 201. The summed E-state index contributed by atoms with van der Waals surface area (Å²) in [6.45, 7) is 6.70. The highest BCUT2D eigenvalue weighted by molar-refractivity contribution is 5.26. The second kappa shape index (κ2) is 4.46. The average molecular weight is 165 g/mol. The Morgan fingerprint density at radius 1 is 1.42 bits per heavy atom. The molecule has 1 aliphatic heterocycles. The molecule has 1 nitrogen and oxygen atoms in total. The first-order chi connectivity index (χ1) is 5.74. The van der Waals surface area contributed by atoms with Gasteiger partial charge in [-0.15, -0.1) is 0 Å². The van der Waals surface area contributed by atoms with Crippen LogP contribution in [-0.4, -0.2) is 25.0 Å². The number of hydrogen-bond donors (Lipinski definition) is 0. The number of likely N-dealkylation sites (N-methyl/N-ethyl adjacent to an activating group) is 1. The molecule has 0 fully saturated rings. The van der Waals surface area contributed by atoms with Gasteiger partial charge in [-0.1, -0.05) is 17.7 Å². The molecule has 0 bridgehead atoms. The number of nitrogens with zero attached hydrogens (tertiary/aromatic N) is 1. The number of allylic oxidation sites excluding steroid dienone is 2. The summed E-state index contributed by atoms with van der Waals surface area (Å²) >= 11 is 0. The van der Waals surface area contributed by atoms with E-state index < -0.39 is 0 Å². The van der Waals surface area contributed by atoms with E-state index in [0.29, 0.717) is 0 Å². The lowest BCUT2D eigenvalue weighted by atomic mass is 10.1. The lowest BCUT2D eigenvalue weighted by Gasteiger charge is -2.13. The van der Waals surface area contributed by atoms with Crippen LogP contribution in [0.25, 0.3) is 0 Å². The van der Waals surface area contributed by atoms with Crippen molar-refractivity contribution in [1.82, 2.24) is 4.90 Å². The van der Waals surface area contributed by atoms with Gasteiger partial charge in [0.05, 0.1) is 0 Å². The van der Waals surface area contributed by atoms with Crippen LogP contribution >= 0.6 is 0 Å². The highest BCUT2D eigenvalue weighted by atomic mass is 15.1. The summed E-state index contributed by atoms with van der Waals surface area (Å²) in [6.07, 6.45) is 6.96. The molecule has 12 heavy (non-hydrogen) atoms. The lowest BCUT2D eigenvalue weighted by Crippen LogP contribution is -2.20. The zero-order valence-electron chi connectivity index (χ0n) is 8.43. The molecule has 1 heteroatoms. The van der Waals surface area contributed by atoms with Crippen molar-refractivity contribution in [3.8, 4) is 0 Å². The van der Waals surface area contributed by atoms with E-state index in [0.717, 1.165) is 6.54 Å². The van der Waals surface area contributed by atoms with Crippen LogP contribution in [0.5, 0.6) is 0 Å². The fraction of sp³-hybridized carbons (Fsp3) is 0.636. The van der Waals surface area contributed by atoms with E-state index in [2.05, 4.69) is 37.9 Å². The molecule has 0 spiro atoms. The zero-order chi connectivity index (χ0) is 8.97. The third-order valence-electron chi connectivity index (χ3n) is 2.45. The van der Waals surface area contributed by atoms with E-state index in [1.807, 2.05) is 0 Å². The van der Waals surface area contributed by atoms with Crippen LogP contribution in [0, 0.1) is 0 Å². The van der Waals surface area contributed by atoms with Crippen molar-refractivity contribution in [3.63, 3.8) is 0 Å². The van der Waals surface area contributed by atoms with Crippen LogP contribution in [0.4, 0.5) is 0 Å². The van der Waals surface area contributed by atoms with Crippen LogP contribution in [-0.2, 0) is 0 Å². The van der Waals surface area contributed by atoms with E-state index in [1.165, 1.54) is 25.0 Å². The molecule has 0 radical (unpaired) electrons. The molecule has 1 aliphatic rings. The molecule has 0 aliphatic carbocycles. The van der Waals surface area contributed by atoms with Crippen molar-refractivity contribution in [3.05, 3.63) is 23.3 Å². The molecule has 1 heterocycles. The Labute approximate surface area is 75.8 Å². The minimum Gasteiger partial charge on any atom is -0.302 e. The van der Waals surface area contributed by atoms with Crippen molar-refractivity contribution in [2.75, 3.05) is 20.1 Å². The summed E-state index contributed by atoms with van der Waals surface area (Å²) in [7, 11) is 2.20. The third kappa shape index (κ3) is 2.49. The van der Waals surface area contributed by atoms with Crippen molar-refractivity contribution in [2.45, 2.75) is 26.7 Å². The number of hydrogen-bond acceptors (Lipinski definition) is 1. The largest absolute Gasteiger partial charge is 0.302 e. The van der Waals surface area contributed by atoms with E-state index in [9.17, 15) is 0 Å². The van der Waals surface area contributed by atoms with Crippen LogP contribution in [0.15, 0.2) is 23.3 Å². The fourth-order valence-electron chi connectivity index (χ4n) is 1.68. The molecular formula is C11H19N. The fourth-order valence-corrected chi connectivity index (χ4v) is 1.68. The van der Waals surface area contributed by atoms with Gasteiger partial charge in [0.25, 0.3) is 0 Å². The second-order valence-corrected chi connectivity index (χ2v) is 3.65. The smallest absolute Gasteiger partial charge is 0.0230 e. The van der Waals surface area contributed by atoms with Crippen LogP contribution < -0.4 is 0 Å². The summed E-state index contributed by atoms with van der Waals surface area (Å²) in [5, 5.41) is 0. The standard InChI is InChI=1S/C11H19N/c1-4-6-11-9-12(3)8-5-7-10(11)2/h4,6H,5,7-9H2,1-3H3. The van der Waals surface area contributed by atoms with Crippen molar-refractivity contribution in [2.24, 2.45) is 0 Å². The molecule has 0 aromatic carbocycles. The Hall–Kier alpha value is -0.560. The van der Waals surface area contributed by atoms with Gasteiger partial charge in [0.15, 0.2) is 0 Å². The van der Waals surface area contributed by atoms with Crippen molar-refractivity contribution >= 4 is 0 Å². The van der Waals surface area contributed by atoms with Gasteiger partial charge in [0, 0.05) is 6.54 Å². The first-order valence-corrected chi connectivity index (χ1v) is 4.74. The van der Waals surface area contributed by atoms with E-state index in [1.54, 1.807) is 5.57 Å². The van der Waals surface area contributed by atoms with Gasteiger partial charge in [-0.05, 0) is 45.9 Å². The quantitative estimate of drug-likeness (QED) is 0.577. The maximum absolute atomic E-state index is 2.39. The van der Waals surface area contributed by atoms with Crippen molar-refractivity contribution in [1.29, 1.82) is 0 Å². The first kappa shape index (κ1) is 9.53. The molecule has 0 saturated heterocycles. The predicted molar refractivity (Wildman–Crippen MR) is 54.2 cm³/mol. The van der Waals surface area contributed by atoms with Crippen molar-refractivity contribution < 1.29 is 0 Å². The van der Waals surface area contributed by atoms with Crippen LogP contribution in [0.1, 0.15) is 26.7 Å². The van der Waals surface area contributed by atoms with Gasteiger partial charge in [-0.2, -0.15) is 0 Å². The maximum atomic E-state index is 2.39. The van der Waals surface area contributed by atoms with Gasteiger partial charge in [-0.25, -0.2) is 0 Å². The molecule has 1 rings (SSSR count). The van der Waals surface area contributed by atoms with Gasteiger partial charge in [0.2, 0.25) is 0 Å². The monoisotopic (exact) mass is 165 g/mol. The summed E-state index contributed by atoms with van der Waals surface area (Å²) in [4.78, 5) is 2.39. The molecule has 0 atom stereocenters. The number of rotatable bonds is 1. The minimum absolute atomic E-state index is 1.12. The van der Waals surface area contributed by atoms with Gasteiger partial charge in [0.1, 0.15) is 0 Å². The first-order valence-electron chi connectivity index (χ1n) is 4.74.